The van der Waals surface area contributed by atoms with E-state index in [0.29, 0.717) is 17.2 Å². The summed E-state index contributed by atoms with van der Waals surface area (Å²) in [5.41, 5.74) is 0. The molecule has 2 nitrogen and oxygen atoms in total. The van der Waals surface area contributed by atoms with Gasteiger partial charge in [-0.3, -0.25) is 4.21 Å². The van der Waals surface area contributed by atoms with Crippen LogP contribution < -0.4 is 5.32 Å². The average molecular weight is 273 g/mol. The maximum absolute atomic E-state index is 12.5. The molecule has 0 bridgehead atoms. The van der Waals surface area contributed by atoms with Crippen molar-refractivity contribution in [2.45, 2.75) is 77.0 Å². The average Bonchev–Trinajstić information content (AvgIpc) is 2.58. The van der Waals surface area contributed by atoms with Gasteiger partial charge in [-0.15, -0.1) is 0 Å². The zero-order chi connectivity index (χ0) is 13.4. The molecule has 0 amide bonds. The molecule has 3 heteroatoms. The second-order valence-corrected chi connectivity index (χ2v) is 7.78. The van der Waals surface area contributed by atoms with Gasteiger partial charge in [0.2, 0.25) is 0 Å². The summed E-state index contributed by atoms with van der Waals surface area (Å²) in [6, 6.07) is 0.500. The molecule has 0 aromatic carbocycles. The predicted octanol–water partition coefficient (Wildman–Crippen LogP) is 3.48. The smallest absolute Gasteiger partial charge is 0.0501 e. The molecule has 0 heterocycles. The van der Waals surface area contributed by atoms with E-state index >= 15 is 0 Å². The monoisotopic (exact) mass is 273 g/mol. The molecule has 0 spiro atoms. The van der Waals surface area contributed by atoms with Crippen LogP contribution in [0.4, 0.5) is 0 Å². The molecule has 3 unspecified atom stereocenters. The molecule has 0 radical (unpaired) electrons. The van der Waals surface area contributed by atoms with Crippen LogP contribution in [-0.4, -0.2) is 27.8 Å². The lowest BCUT2D eigenvalue weighted by Crippen LogP contribution is -2.42. The molecule has 1 fully saturated rings. The largest absolute Gasteiger partial charge is 0.313 e. The number of nitrogens with one attached hydrogen (secondary N) is 1. The van der Waals surface area contributed by atoms with E-state index in [1.165, 1.54) is 32.1 Å². The maximum atomic E-state index is 12.5. The Bertz CT molecular complexity index is 243. The van der Waals surface area contributed by atoms with Crippen molar-refractivity contribution in [3.63, 3.8) is 0 Å². The lowest BCUT2D eigenvalue weighted by atomic mass is 10.1. The highest BCUT2D eigenvalue weighted by Crippen LogP contribution is 2.23. The molecule has 0 aliphatic heterocycles. The molecule has 1 aliphatic rings. The van der Waals surface area contributed by atoms with Gasteiger partial charge in [-0.05, 0) is 38.1 Å². The van der Waals surface area contributed by atoms with Crippen LogP contribution in [0.25, 0.3) is 0 Å². The molecule has 1 rings (SSSR count). The first kappa shape index (κ1) is 16.2. The van der Waals surface area contributed by atoms with E-state index in [-0.39, 0.29) is 0 Å². The van der Waals surface area contributed by atoms with Crippen LogP contribution in [0.15, 0.2) is 0 Å². The Kier molecular flexibility index (Phi) is 8.16. The SMILES string of the molecule is CCCNC1CCCCCC1S(=O)CCC(C)C. The molecule has 18 heavy (non-hydrogen) atoms. The van der Waals surface area contributed by atoms with E-state index in [0.717, 1.165) is 25.1 Å². The topological polar surface area (TPSA) is 29.1 Å². The van der Waals surface area contributed by atoms with Gasteiger partial charge in [-0.2, -0.15) is 0 Å². The third-order valence-electron chi connectivity index (χ3n) is 3.84. The molecule has 108 valence electrons. The third kappa shape index (κ3) is 5.83. The van der Waals surface area contributed by atoms with Gasteiger partial charge < -0.3 is 5.32 Å². The van der Waals surface area contributed by atoms with Crippen molar-refractivity contribution in [1.29, 1.82) is 0 Å². The van der Waals surface area contributed by atoms with Crippen LogP contribution >= 0.6 is 0 Å². The summed E-state index contributed by atoms with van der Waals surface area (Å²) in [5, 5.41) is 4.04. The van der Waals surface area contributed by atoms with Crippen molar-refractivity contribution in [2.75, 3.05) is 12.3 Å². The Hall–Kier alpha value is 0.110. The Morgan fingerprint density at radius 1 is 1.22 bits per heavy atom. The number of hydrogen-bond acceptors (Lipinski definition) is 2. The molecule has 1 N–H and O–H groups in total. The van der Waals surface area contributed by atoms with Crippen molar-refractivity contribution in [1.82, 2.24) is 5.32 Å². The van der Waals surface area contributed by atoms with Gasteiger partial charge in [0, 0.05) is 22.6 Å². The summed E-state index contributed by atoms with van der Waals surface area (Å²) in [4.78, 5) is 0. The minimum absolute atomic E-state index is 0.401. The van der Waals surface area contributed by atoms with Crippen LogP contribution in [0.1, 0.15) is 65.7 Å². The first-order chi connectivity index (χ1) is 8.65. The van der Waals surface area contributed by atoms with Crippen molar-refractivity contribution in [3.05, 3.63) is 0 Å². The van der Waals surface area contributed by atoms with Crippen LogP contribution in [0.5, 0.6) is 0 Å². The van der Waals surface area contributed by atoms with Crippen LogP contribution in [0, 0.1) is 5.92 Å². The molecule has 0 aromatic rings. The van der Waals surface area contributed by atoms with Gasteiger partial charge in [0.15, 0.2) is 0 Å². The fourth-order valence-corrected chi connectivity index (χ4v) is 4.69. The van der Waals surface area contributed by atoms with Crippen molar-refractivity contribution >= 4 is 10.8 Å². The molecule has 3 atom stereocenters. The van der Waals surface area contributed by atoms with Gasteiger partial charge in [0.1, 0.15) is 0 Å². The Balaban J connectivity index is 2.51. The van der Waals surface area contributed by atoms with E-state index in [1.807, 2.05) is 0 Å². The lowest BCUT2D eigenvalue weighted by molar-refractivity contribution is 0.462. The summed E-state index contributed by atoms with van der Waals surface area (Å²) in [6.07, 6.45) is 8.54. The van der Waals surface area contributed by atoms with E-state index in [2.05, 4.69) is 26.1 Å². The summed E-state index contributed by atoms with van der Waals surface area (Å²) in [6.45, 7) is 7.71. The van der Waals surface area contributed by atoms with Crippen molar-refractivity contribution in [3.8, 4) is 0 Å². The molecular formula is C15H31NOS. The highest BCUT2D eigenvalue weighted by Gasteiger charge is 2.27. The molecule has 1 aliphatic carbocycles. The summed E-state index contributed by atoms with van der Waals surface area (Å²) >= 11 is 0. The number of rotatable bonds is 7. The lowest BCUT2D eigenvalue weighted by Gasteiger charge is -2.26. The molecule has 0 aromatic heterocycles. The third-order valence-corrected chi connectivity index (χ3v) is 5.72. The molecule has 1 saturated carbocycles. The quantitative estimate of drug-likeness (QED) is 0.720. The number of hydrogen-bond donors (Lipinski definition) is 1. The minimum Gasteiger partial charge on any atom is -0.313 e. The van der Waals surface area contributed by atoms with Gasteiger partial charge >= 0.3 is 0 Å². The van der Waals surface area contributed by atoms with E-state index in [1.54, 1.807) is 0 Å². The molecule has 0 saturated heterocycles. The van der Waals surface area contributed by atoms with E-state index in [9.17, 15) is 4.21 Å². The van der Waals surface area contributed by atoms with Crippen molar-refractivity contribution < 1.29 is 4.21 Å². The van der Waals surface area contributed by atoms with Gasteiger partial charge in [0.25, 0.3) is 0 Å². The first-order valence-electron chi connectivity index (χ1n) is 7.75. The summed E-state index contributed by atoms with van der Waals surface area (Å²) < 4.78 is 12.5. The molecular weight excluding hydrogens is 242 g/mol. The highest BCUT2D eigenvalue weighted by atomic mass is 32.2. The van der Waals surface area contributed by atoms with Gasteiger partial charge in [-0.25, -0.2) is 0 Å². The van der Waals surface area contributed by atoms with E-state index in [4.69, 9.17) is 0 Å². The fourth-order valence-electron chi connectivity index (χ4n) is 2.65. The van der Waals surface area contributed by atoms with Crippen LogP contribution in [0.2, 0.25) is 0 Å². The first-order valence-corrected chi connectivity index (χ1v) is 9.14. The summed E-state index contributed by atoms with van der Waals surface area (Å²) in [5.74, 6) is 1.56. The fraction of sp³-hybridized carbons (Fsp3) is 1.00. The zero-order valence-corrected chi connectivity index (χ0v) is 13.2. The predicted molar refractivity (Wildman–Crippen MR) is 81.4 cm³/mol. The summed E-state index contributed by atoms with van der Waals surface area (Å²) in [7, 11) is -0.634. The minimum atomic E-state index is -0.634. The zero-order valence-electron chi connectivity index (χ0n) is 12.4. The van der Waals surface area contributed by atoms with Crippen LogP contribution in [-0.2, 0) is 10.8 Å². The van der Waals surface area contributed by atoms with Crippen molar-refractivity contribution in [2.24, 2.45) is 5.92 Å². The Labute approximate surface area is 116 Å². The second kappa shape index (κ2) is 9.08. The van der Waals surface area contributed by atoms with Gasteiger partial charge in [-0.1, -0.05) is 40.0 Å². The highest BCUT2D eigenvalue weighted by molar-refractivity contribution is 7.85. The second-order valence-electron chi connectivity index (χ2n) is 6.00. The standard InChI is InChI=1S/C15H31NOS/c1-4-11-16-14-8-6-5-7-9-15(14)18(17)12-10-13(2)3/h13-16H,4-12H2,1-3H3. The van der Waals surface area contributed by atoms with Gasteiger partial charge in [0.05, 0.1) is 5.25 Å². The van der Waals surface area contributed by atoms with E-state index < -0.39 is 10.8 Å². The van der Waals surface area contributed by atoms with Crippen LogP contribution in [0.3, 0.4) is 0 Å². The maximum Gasteiger partial charge on any atom is 0.0501 e. The normalized spacial score (nSPS) is 27.1. The Morgan fingerprint density at radius 3 is 2.61 bits per heavy atom. The Morgan fingerprint density at radius 2 is 1.94 bits per heavy atom.